The zero-order valence-corrected chi connectivity index (χ0v) is 46.7. The van der Waals surface area contributed by atoms with Gasteiger partial charge in [0.25, 0.3) is 0 Å². The summed E-state index contributed by atoms with van der Waals surface area (Å²) in [5, 5.41) is 73.3. The topological polar surface area (TPSA) is 308 Å². The molecule has 0 fully saturated rings. The van der Waals surface area contributed by atoms with Gasteiger partial charge in [0, 0.05) is 64.8 Å². The van der Waals surface area contributed by atoms with E-state index in [9.17, 15) is 54.9 Å². The van der Waals surface area contributed by atoms with E-state index in [2.05, 4.69) is 10.6 Å². The maximum Gasteiger partial charge on any atom is 0.220 e. The van der Waals surface area contributed by atoms with E-state index < -0.39 is 5.41 Å². The number of ketones is 2. The minimum Gasteiger partial charge on any atom is -0.508 e. The Hall–Kier alpha value is -6.56. The fourth-order valence-electron chi connectivity index (χ4n) is 8.11. The number of Topliss-reactive ketones (excluding diaryl/α,β-unsaturated/α-hetero) is 2. The minimum absolute atomic E-state index is 0.0536. The highest BCUT2D eigenvalue weighted by molar-refractivity contribution is 5.79. The number of phenols is 7. The summed E-state index contributed by atoms with van der Waals surface area (Å²) in [6, 6.07) is 18.7. The van der Waals surface area contributed by atoms with Gasteiger partial charge < -0.3 is 84.3 Å². The summed E-state index contributed by atoms with van der Waals surface area (Å²) in [5.41, 5.74) is 3.07. The molecule has 2 amide bonds. The quantitative estimate of drug-likeness (QED) is 0.0186. The van der Waals surface area contributed by atoms with Crippen LogP contribution in [0.15, 0.2) is 72.8 Å². The van der Waals surface area contributed by atoms with Gasteiger partial charge in [0.15, 0.2) is 34.5 Å². The molecule has 0 aliphatic carbocycles. The summed E-state index contributed by atoms with van der Waals surface area (Å²) >= 11 is 0. The predicted molar refractivity (Wildman–Crippen MR) is 299 cm³/mol. The van der Waals surface area contributed by atoms with Crippen molar-refractivity contribution < 1.29 is 92.8 Å². The van der Waals surface area contributed by atoms with Crippen LogP contribution in [-0.4, -0.2) is 178 Å². The first-order chi connectivity index (χ1) is 39.1. The third-order valence-electron chi connectivity index (χ3n) is 12.8. The van der Waals surface area contributed by atoms with Gasteiger partial charge in [-0.1, -0.05) is 30.3 Å². The van der Waals surface area contributed by atoms with Crippen molar-refractivity contribution in [1.82, 2.24) is 10.6 Å². The Morgan fingerprint density at radius 3 is 1.01 bits per heavy atom. The standard InChI is InChI=1S/C60H84N2O19/c1-44-36-45(8-16-51(44)65)12-20-58(72)61-22-26-76-30-34-80-42-60(40-78-32-28-74-24-2-4-49(63)14-6-46-9-17-52(66)55(69)37-46,41-79-33-29-75-25-3-5-50(64)15-7-47-10-18-53(67)56(70)38-47)43-81-35-31-77-27-23-62-59(73)21-13-48-11-19-54(68)57(71)39-48/h8-11,16-19,36-39,65-71H,2-7,12-15,20-35,40-43H2,1H3,(H,61,72)(H,62,73). The lowest BCUT2D eigenvalue weighted by Crippen LogP contribution is -2.43. The molecular weight excluding hydrogens is 1050 g/mol. The SMILES string of the molecule is Cc1cc(CCC(=O)NCCOCCOCC(COCCOCCCC(=O)CCc2ccc(O)c(O)c2)(COCCOCCCC(=O)CCc2ccc(O)c(O)c2)COCCOCCNC(=O)CCc2ccc(O)c(O)c2)ccc1O. The molecule has 0 saturated heterocycles. The van der Waals surface area contributed by atoms with Crippen molar-refractivity contribution >= 4 is 23.4 Å². The number of phenolic OH excluding ortho intramolecular Hbond substituents is 7. The zero-order valence-electron chi connectivity index (χ0n) is 46.7. The van der Waals surface area contributed by atoms with E-state index >= 15 is 0 Å². The lowest BCUT2D eigenvalue weighted by atomic mass is 9.92. The van der Waals surface area contributed by atoms with Gasteiger partial charge in [-0.05, 0) is 116 Å². The molecule has 21 heteroatoms. The number of amides is 2. The minimum atomic E-state index is -0.840. The second-order valence-corrected chi connectivity index (χ2v) is 19.7. The number of aryl methyl sites for hydroxylation is 5. The molecule has 4 aromatic carbocycles. The molecule has 0 saturated carbocycles. The number of carbonyl (C=O) groups is 4. The molecule has 0 aromatic heterocycles. The number of carbonyl (C=O) groups excluding carboxylic acids is 4. The summed E-state index contributed by atoms with van der Waals surface area (Å²) in [6.45, 7) is 5.92. The molecule has 4 rings (SSSR count). The lowest BCUT2D eigenvalue weighted by molar-refractivity contribution is -0.122. The fourth-order valence-corrected chi connectivity index (χ4v) is 8.11. The van der Waals surface area contributed by atoms with E-state index in [1.807, 2.05) is 13.0 Å². The van der Waals surface area contributed by atoms with E-state index in [4.69, 9.17) is 37.9 Å². The van der Waals surface area contributed by atoms with Crippen LogP contribution in [0.2, 0.25) is 0 Å². The van der Waals surface area contributed by atoms with Gasteiger partial charge in [0.05, 0.1) is 97.9 Å². The third kappa shape index (κ3) is 29.1. The van der Waals surface area contributed by atoms with Gasteiger partial charge in [0.1, 0.15) is 17.3 Å². The maximum absolute atomic E-state index is 12.5. The van der Waals surface area contributed by atoms with Crippen LogP contribution in [-0.2, 0) is 82.8 Å². The molecule has 0 unspecified atom stereocenters. The summed E-state index contributed by atoms with van der Waals surface area (Å²) in [5.74, 6) is -1.35. The molecule has 4 aromatic rings. The molecular formula is C60H84N2O19. The Morgan fingerprint density at radius 1 is 0.358 bits per heavy atom. The molecule has 0 atom stereocenters. The largest absolute Gasteiger partial charge is 0.508 e. The Bertz CT molecular complexity index is 2150. The van der Waals surface area contributed by atoms with Gasteiger partial charge >= 0.3 is 0 Å². The van der Waals surface area contributed by atoms with Crippen molar-refractivity contribution in [2.24, 2.45) is 5.41 Å². The Kier molecular flexibility index (Phi) is 32.2. The molecule has 0 heterocycles. The van der Waals surface area contributed by atoms with Gasteiger partial charge in [0.2, 0.25) is 11.8 Å². The number of rotatable bonds is 46. The number of aromatic hydroxyl groups is 7. The Labute approximate surface area is 474 Å². The molecule has 0 spiro atoms. The van der Waals surface area contributed by atoms with Gasteiger partial charge in [-0.25, -0.2) is 0 Å². The highest BCUT2D eigenvalue weighted by Crippen LogP contribution is 2.28. The second-order valence-electron chi connectivity index (χ2n) is 19.7. The smallest absolute Gasteiger partial charge is 0.220 e. The molecule has 81 heavy (non-hydrogen) atoms. The van der Waals surface area contributed by atoms with Crippen molar-refractivity contribution in [2.45, 2.75) is 84.0 Å². The molecule has 0 aliphatic heterocycles. The fraction of sp³-hybridized carbons (Fsp3) is 0.533. The van der Waals surface area contributed by atoms with Crippen LogP contribution in [0.25, 0.3) is 0 Å². The first kappa shape index (κ1) is 66.9. The summed E-state index contributed by atoms with van der Waals surface area (Å²) in [6.07, 6.45) is 4.54. The third-order valence-corrected chi connectivity index (χ3v) is 12.8. The molecule has 0 aliphatic rings. The summed E-state index contributed by atoms with van der Waals surface area (Å²) in [4.78, 5) is 49.9. The maximum atomic E-state index is 12.5. The summed E-state index contributed by atoms with van der Waals surface area (Å²) in [7, 11) is 0. The average Bonchev–Trinajstić information content (AvgIpc) is 3.45. The number of hydrogen-bond donors (Lipinski definition) is 9. The monoisotopic (exact) mass is 1140 g/mol. The van der Waals surface area contributed by atoms with Crippen molar-refractivity contribution in [3.05, 3.63) is 101 Å². The van der Waals surface area contributed by atoms with Crippen LogP contribution in [0.1, 0.15) is 79.2 Å². The van der Waals surface area contributed by atoms with E-state index in [1.165, 1.54) is 36.4 Å². The van der Waals surface area contributed by atoms with Gasteiger partial charge in [-0.2, -0.15) is 0 Å². The van der Waals surface area contributed by atoms with E-state index in [-0.39, 0.29) is 169 Å². The van der Waals surface area contributed by atoms with Crippen molar-refractivity contribution in [3.63, 3.8) is 0 Å². The van der Waals surface area contributed by atoms with Crippen LogP contribution in [0, 0.1) is 12.3 Å². The molecule has 448 valence electrons. The lowest BCUT2D eigenvalue weighted by Gasteiger charge is -2.33. The van der Waals surface area contributed by atoms with Gasteiger partial charge in [-0.15, -0.1) is 0 Å². The summed E-state index contributed by atoms with van der Waals surface area (Å²) < 4.78 is 47.8. The van der Waals surface area contributed by atoms with Crippen LogP contribution in [0.5, 0.6) is 40.2 Å². The van der Waals surface area contributed by atoms with E-state index in [0.717, 1.165) is 22.3 Å². The van der Waals surface area contributed by atoms with Crippen LogP contribution in [0.4, 0.5) is 0 Å². The predicted octanol–water partition coefficient (Wildman–Crippen LogP) is 5.82. The number of benzene rings is 4. The molecule has 0 radical (unpaired) electrons. The molecule has 21 nitrogen and oxygen atoms in total. The average molecular weight is 1140 g/mol. The molecule has 0 bridgehead atoms. The van der Waals surface area contributed by atoms with Crippen LogP contribution in [0.3, 0.4) is 0 Å². The first-order valence-corrected chi connectivity index (χ1v) is 27.6. The highest BCUT2D eigenvalue weighted by atomic mass is 16.6. The van der Waals surface area contributed by atoms with Crippen LogP contribution < -0.4 is 10.6 Å². The van der Waals surface area contributed by atoms with E-state index in [1.54, 1.807) is 30.3 Å². The van der Waals surface area contributed by atoms with Crippen molar-refractivity contribution in [1.29, 1.82) is 0 Å². The van der Waals surface area contributed by atoms with Gasteiger partial charge in [-0.3, -0.25) is 19.2 Å². The second kappa shape index (κ2) is 39.0. The van der Waals surface area contributed by atoms with Crippen molar-refractivity contribution in [2.75, 3.05) is 119 Å². The highest BCUT2D eigenvalue weighted by Gasteiger charge is 2.33. The van der Waals surface area contributed by atoms with Crippen LogP contribution >= 0.6 is 0 Å². The number of hydrogen-bond acceptors (Lipinski definition) is 19. The zero-order chi connectivity index (χ0) is 58.5. The Balaban J connectivity index is 1.24. The van der Waals surface area contributed by atoms with E-state index in [0.29, 0.717) is 96.0 Å². The Morgan fingerprint density at radius 2 is 0.667 bits per heavy atom. The van der Waals surface area contributed by atoms with Crippen molar-refractivity contribution in [3.8, 4) is 40.2 Å². The molecule has 9 N–H and O–H groups in total. The number of nitrogens with one attached hydrogen (secondary N) is 2. The number of ether oxygens (including phenoxy) is 8. The normalized spacial score (nSPS) is 11.5. The first-order valence-electron chi connectivity index (χ1n) is 27.6.